The number of carbonyl (C=O) groups is 2. The van der Waals surface area contributed by atoms with Gasteiger partial charge in [0.25, 0.3) is 5.91 Å². The highest BCUT2D eigenvalue weighted by atomic mass is 35.5. The predicted octanol–water partition coefficient (Wildman–Crippen LogP) is 3.94. The average molecular weight is 350 g/mol. The first kappa shape index (κ1) is 18.1. The lowest BCUT2D eigenvalue weighted by Gasteiger charge is -2.26. The first-order valence-electron chi connectivity index (χ1n) is 7.65. The Morgan fingerprint density at radius 3 is 2.50 bits per heavy atom. The Morgan fingerprint density at radius 1 is 1.29 bits per heavy atom. The summed E-state index contributed by atoms with van der Waals surface area (Å²) in [6.45, 7) is 5.51. The summed E-state index contributed by atoms with van der Waals surface area (Å²) < 4.78 is 5.39. The summed E-state index contributed by atoms with van der Waals surface area (Å²) in [6.07, 6.45) is 0.934. The highest BCUT2D eigenvalue weighted by Crippen LogP contribution is 2.22. The SMILES string of the molecule is CCc1oc(C(=O)NC(C)(C)Cc2ccccc2Cl)cc1C(=O)O. The first-order chi connectivity index (χ1) is 11.2. The van der Waals surface area contributed by atoms with E-state index in [0.717, 1.165) is 5.56 Å². The molecule has 0 aliphatic rings. The number of aromatic carboxylic acids is 1. The van der Waals surface area contributed by atoms with Crippen LogP contribution in [0.2, 0.25) is 5.02 Å². The number of nitrogens with one attached hydrogen (secondary N) is 1. The second kappa shape index (κ2) is 7.09. The molecule has 0 atom stereocenters. The first-order valence-corrected chi connectivity index (χ1v) is 8.03. The molecule has 0 fully saturated rings. The molecule has 2 rings (SSSR count). The van der Waals surface area contributed by atoms with Crippen molar-refractivity contribution >= 4 is 23.5 Å². The van der Waals surface area contributed by atoms with Gasteiger partial charge in [-0.25, -0.2) is 4.79 Å². The lowest BCUT2D eigenvalue weighted by molar-refractivity contribution is 0.0694. The third-order valence-corrected chi connectivity index (χ3v) is 4.00. The number of hydrogen-bond donors (Lipinski definition) is 2. The van der Waals surface area contributed by atoms with Gasteiger partial charge >= 0.3 is 5.97 Å². The number of carboxylic acid groups (broad SMARTS) is 1. The van der Waals surface area contributed by atoms with Crippen molar-refractivity contribution in [2.24, 2.45) is 0 Å². The highest BCUT2D eigenvalue weighted by molar-refractivity contribution is 6.31. The van der Waals surface area contributed by atoms with E-state index < -0.39 is 17.4 Å². The summed E-state index contributed by atoms with van der Waals surface area (Å²) in [5, 5.41) is 12.6. The van der Waals surface area contributed by atoms with Crippen LogP contribution in [0.15, 0.2) is 34.7 Å². The summed E-state index contributed by atoms with van der Waals surface area (Å²) in [7, 11) is 0. The maximum absolute atomic E-state index is 12.4. The normalized spacial score (nSPS) is 11.3. The van der Waals surface area contributed by atoms with Crippen LogP contribution in [-0.2, 0) is 12.8 Å². The zero-order valence-corrected chi connectivity index (χ0v) is 14.6. The monoisotopic (exact) mass is 349 g/mol. The molecule has 1 heterocycles. The molecule has 6 heteroatoms. The summed E-state index contributed by atoms with van der Waals surface area (Å²) >= 11 is 6.17. The number of rotatable bonds is 6. The Bertz CT molecular complexity index is 764. The van der Waals surface area contributed by atoms with Gasteiger partial charge in [0, 0.05) is 23.0 Å². The molecule has 1 aromatic heterocycles. The Kier molecular flexibility index (Phi) is 5.34. The number of halogens is 1. The Balaban J connectivity index is 2.16. The van der Waals surface area contributed by atoms with Gasteiger partial charge in [-0.15, -0.1) is 0 Å². The van der Waals surface area contributed by atoms with E-state index in [9.17, 15) is 9.59 Å². The Labute approximate surface area is 145 Å². The van der Waals surface area contributed by atoms with Crippen molar-refractivity contribution in [2.75, 3.05) is 0 Å². The summed E-state index contributed by atoms with van der Waals surface area (Å²) in [6, 6.07) is 8.70. The van der Waals surface area contributed by atoms with Gasteiger partial charge in [0.05, 0.1) is 0 Å². The lowest BCUT2D eigenvalue weighted by atomic mass is 9.94. The lowest BCUT2D eigenvalue weighted by Crippen LogP contribution is -2.45. The van der Waals surface area contributed by atoms with Gasteiger partial charge in [-0.1, -0.05) is 36.7 Å². The van der Waals surface area contributed by atoms with E-state index in [1.807, 2.05) is 32.0 Å². The van der Waals surface area contributed by atoms with E-state index in [4.69, 9.17) is 21.1 Å². The quantitative estimate of drug-likeness (QED) is 0.827. The molecule has 0 spiro atoms. The van der Waals surface area contributed by atoms with Crippen LogP contribution in [0.4, 0.5) is 0 Å². The number of carbonyl (C=O) groups excluding carboxylic acids is 1. The average Bonchev–Trinajstić information content (AvgIpc) is 2.93. The van der Waals surface area contributed by atoms with Crippen LogP contribution in [-0.4, -0.2) is 22.5 Å². The summed E-state index contributed by atoms with van der Waals surface area (Å²) in [5.41, 5.74) is 0.362. The molecule has 2 N–H and O–H groups in total. The van der Waals surface area contributed by atoms with Gasteiger partial charge in [-0.3, -0.25) is 4.79 Å². The van der Waals surface area contributed by atoms with Gasteiger partial charge in [0.2, 0.25) is 0 Å². The Morgan fingerprint density at radius 2 is 1.96 bits per heavy atom. The summed E-state index contributed by atoms with van der Waals surface area (Å²) in [5.74, 6) is -1.27. The van der Waals surface area contributed by atoms with E-state index in [2.05, 4.69) is 5.32 Å². The van der Waals surface area contributed by atoms with Crippen LogP contribution in [0, 0.1) is 0 Å². The van der Waals surface area contributed by atoms with E-state index in [1.165, 1.54) is 6.07 Å². The molecular formula is C18H20ClNO4. The zero-order chi connectivity index (χ0) is 17.9. The van der Waals surface area contributed by atoms with Crippen molar-refractivity contribution in [3.63, 3.8) is 0 Å². The van der Waals surface area contributed by atoms with Gasteiger partial charge in [0.15, 0.2) is 5.76 Å². The van der Waals surface area contributed by atoms with E-state index in [1.54, 1.807) is 13.0 Å². The number of carboxylic acids is 1. The van der Waals surface area contributed by atoms with E-state index in [-0.39, 0.29) is 17.1 Å². The van der Waals surface area contributed by atoms with Gasteiger partial charge in [-0.2, -0.15) is 0 Å². The predicted molar refractivity (Wildman–Crippen MR) is 91.7 cm³/mol. The standard InChI is InChI=1S/C18H20ClNO4/c1-4-14-12(17(22)23)9-15(24-14)16(21)20-18(2,3)10-11-7-5-6-8-13(11)19/h5-9H,4,10H2,1-3H3,(H,20,21)(H,22,23). The van der Waals surface area contributed by atoms with Crippen LogP contribution in [0.5, 0.6) is 0 Å². The number of aryl methyl sites for hydroxylation is 1. The fourth-order valence-corrected chi connectivity index (χ4v) is 2.72. The number of benzene rings is 1. The zero-order valence-electron chi connectivity index (χ0n) is 13.9. The fourth-order valence-electron chi connectivity index (χ4n) is 2.52. The van der Waals surface area contributed by atoms with Crippen molar-refractivity contribution in [1.82, 2.24) is 5.32 Å². The molecule has 0 aliphatic carbocycles. The largest absolute Gasteiger partial charge is 0.478 e. The number of hydrogen-bond acceptors (Lipinski definition) is 3. The second-order valence-corrected chi connectivity index (χ2v) is 6.62. The minimum Gasteiger partial charge on any atom is -0.478 e. The van der Waals surface area contributed by atoms with Crippen LogP contribution < -0.4 is 5.32 Å². The molecule has 0 aliphatic heterocycles. The fraction of sp³-hybridized carbons (Fsp3) is 0.333. The third kappa shape index (κ3) is 4.17. The molecule has 24 heavy (non-hydrogen) atoms. The molecule has 1 aromatic carbocycles. The van der Waals surface area contributed by atoms with Crippen molar-refractivity contribution in [1.29, 1.82) is 0 Å². The minimum absolute atomic E-state index is 0.00326. The van der Waals surface area contributed by atoms with Crippen LogP contribution in [0.3, 0.4) is 0 Å². The van der Waals surface area contributed by atoms with E-state index >= 15 is 0 Å². The van der Waals surface area contributed by atoms with Crippen molar-refractivity contribution in [3.05, 3.63) is 58.0 Å². The van der Waals surface area contributed by atoms with Crippen molar-refractivity contribution in [2.45, 2.75) is 39.2 Å². The van der Waals surface area contributed by atoms with E-state index in [0.29, 0.717) is 17.9 Å². The van der Waals surface area contributed by atoms with Gasteiger partial charge in [0.1, 0.15) is 11.3 Å². The van der Waals surface area contributed by atoms with Crippen LogP contribution in [0.25, 0.3) is 0 Å². The maximum Gasteiger partial charge on any atom is 0.339 e. The number of furan rings is 1. The molecule has 0 bridgehead atoms. The molecular weight excluding hydrogens is 330 g/mol. The maximum atomic E-state index is 12.4. The molecule has 0 radical (unpaired) electrons. The van der Waals surface area contributed by atoms with Gasteiger partial charge in [-0.05, 0) is 31.9 Å². The molecule has 2 aromatic rings. The molecule has 5 nitrogen and oxygen atoms in total. The van der Waals surface area contributed by atoms with Crippen molar-refractivity contribution < 1.29 is 19.1 Å². The topological polar surface area (TPSA) is 79.5 Å². The third-order valence-electron chi connectivity index (χ3n) is 3.63. The summed E-state index contributed by atoms with van der Waals surface area (Å²) in [4.78, 5) is 23.6. The Hall–Kier alpha value is -2.27. The second-order valence-electron chi connectivity index (χ2n) is 6.21. The number of amides is 1. The van der Waals surface area contributed by atoms with Crippen molar-refractivity contribution in [3.8, 4) is 0 Å². The molecule has 0 saturated carbocycles. The highest BCUT2D eigenvalue weighted by Gasteiger charge is 2.26. The molecule has 0 unspecified atom stereocenters. The van der Waals surface area contributed by atoms with Crippen LogP contribution in [0.1, 0.15) is 53.0 Å². The van der Waals surface area contributed by atoms with Gasteiger partial charge < -0.3 is 14.8 Å². The molecule has 1 amide bonds. The van der Waals surface area contributed by atoms with Crippen LogP contribution >= 0.6 is 11.6 Å². The molecule has 0 saturated heterocycles. The molecule has 128 valence electrons. The minimum atomic E-state index is -1.11. The smallest absolute Gasteiger partial charge is 0.339 e.